The smallest absolute Gasteiger partial charge is 0.145 e. The molecule has 0 fully saturated rings. The van der Waals surface area contributed by atoms with Crippen LogP contribution in [0.1, 0.15) is 0 Å². The molecule has 0 aliphatic carbocycles. The Hall–Kier alpha value is -6.58. The van der Waals surface area contributed by atoms with Crippen molar-refractivity contribution in [1.29, 1.82) is 0 Å². The number of fused-ring (bicyclic) bond motifs is 8. The third-order valence-corrected chi connectivity index (χ3v) is 9.75. The first-order valence-electron chi connectivity index (χ1n) is 16.7. The summed E-state index contributed by atoms with van der Waals surface area (Å²) in [5.74, 6) is 0. The molecule has 3 nitrogen and oxygen atoms in total. The molecule has 0 aliphatic rings. The number of furan rings is 1. The molecule has 0 aliphatic heterocycles. The first kappa shape index (κ1) is 27.5. The van der Waals surface area contributed by atoms with Gasteiger partial charge in [-0.1, -0.05) is 109 Å². The fourth-order valence-electron chi connectivity index (χ4n) is 7.48. The van der Waals surface area contributed by atoms with Crippen molar-refractivity contribution in [1.82, 2.24) is 4.57 Å². The third-order valence-electron chi connectivity index (χ3n) is 9.75. The van der Waals surface area contributed by atoms with Crippen LogP contribution in [0.25, 0.3) is 71.3 Å². The van der Waals surface area contributed by atoms with Crippen molar-refractivity contribution in [3.8, 4) is 16.8 Å². The largest absolute Gasteiger partial charge is 0.455 e. The quantitative estimate of drug-likeness (QED) is 0.190. The van der Waals surface area contributed by atoms with Crippen molar-refractivity contribution in [2.75, 3.05) is 4.90 Å². The molecule has 2 heterocycles. The Morgan fingerprint density at radius 1 is 0.408 bits per heavy atom. The molecule has 3 heteroatoms. The average Bonchev–Trinajstić information content (AvgIpc) is 3.72. The number of aromatic nitrogens is 1. The van der Waals surface area contributed by atoms with Gasteiger partial charge in [-0.25, -0.2) is 0 Å². The molecule has 0 N–H and O–H groups in total. The van der Waals surface area contributed by atoms with Crippen LogP contribution in [0.3, 0.4) is 0 Å². The summed E-state index contributed by atoms with van der Waals surface area (Å²) in [5, 5.41) is 7.10. The number of para-hydroxylation sites is 3. The molecule has 0 saturated heterocycles. The zero-order valence-corrected chi connectivity index (χ0v) is 26.6. The minimum atomic E-state index is 0.911. The number of hydrogen-bond acceptors (Lipinski definition) is 2. The highest BCUT2D eigenvalue weighted by Crippen LogP contribution is 2.42. The van der Waals surface area contributed by atoms with E-state index in [1.165, 1.54) is 27.3 Å². The minimum absolute atomic E-state index is 0.911. The maximum atomic E-state index is 6.54. The first-order chi connectivity index (χ1) is 24.3. The summed E-state index contributed by atoms with van der Waals surface area (Å²) in [7, 11) is 0. The van der Waals surface area contributed by atoms with E-state index >= 15 is 0 Å². The van der Waals surface area contributed by atoms with E-state index in [4.69, 9.17) is 4.42 Å². The summed E-state index contributed by atoms with van der Waals surface area (Å²) in [4.78, 5) is 2.33. The van der Waals surface area contributed by atoms with Gasteiger partial charge in [0, 0.05) is 38.9 Å². The first-order valence-corrected chi connectivity index (χ1v) is 16.7. The Bertz CT molecular complexity index is 2830. The number of rotatable bonds is 5. The van der Waals surface area contributed by atoms with Crippen LogP contribution in [-0.4, -0.2) is 4.57 Å². The zero-order valence-electron chi connectivity index (χ0n) is 26.6. The van der Waals surface area contributed by atoms with E-state index in [1.54, 1.807) is 0 Å². The molecular weight excluding hydrogens is 597 g/mol. The molecule has 0 radical (unpaired) electrons. The van der Waals surface area contributed by atoms with Gasteiger partial charge in [-0.15, -0.1) is 0 Å². The second kappa shape index (κ2) is 11.0. The van der Waals surface area contributed by atoms with E-state index in [2.05, 4.69) is 185 Å². The van der Waals surface area contributed by atoms with E-state index in [0.29, 0.717) is 0 Å². The number of hydrogen-bond donors (Lipinski definition) is 0. The Morgan fingerprint density at radius 2 is 1.10 bits per heavy atom. The molecule has 10 aromatic rings. The molecule has 10 rings (SSSR count). The lowest BCUT2D eigenvalue weighted by atomic mass is 10.0. The second-order valence-corrected chi connectivity index (χ2v) is 12.6. The number of anilines is 3. The van der Waals surface area contributed by atoms with Crippen molar-refractivity contribution in [2.24, 2.45) is 0 Å². The minimum Gasteiger partial charge on any atom is -0.455 e. The third kappa shape index (κ3) is 4.44. The Balaban J connectivity index is 1.12. The van der Waals surface area contributed by atoms with Crippen LogP contribution in [-0.2, 0) is 0 Å². The predicted molar refractivity (Wildman–Crippen MR) is 206 cm³/mol. The second-order valence-electron chi connectivity index (χ2n) is 12.6. The lowest BCUT2D eigenvalue weighted by Crippen LogP contribution is -2.10. The number of benzene rings is 8. The Kier molecular flexibility index (Phi) is 6.18. The molecule has 0 saturated carbocycles. The maximum Gasteiger partial charge on any atom is 0.145 e. The fourth-order valence-corrected chi connectivity index (χ4v) is 7.48. The van der Waals surface area contributed by atoms with Gasteiger partial charge in [0.1, 0.15) is 11.2 Å². The molecule has 0 unspecified atom stereocenters. The van der Waals surface area contributed by atoms with Crippen molar-refractivity contribution >= 4 is 71.6 Å². The molecule has 8 aromatic carbocycles. The molecule has 0 spiro atoms. The highest BCUT2D eigenvalue weighted by molar-refractivity contribution is 6.23. The molecule has 49 heavy (non-hydrogen) atoms. The lowest BCUT2D eigenvalue weighted by molar-refractivity contribution is 0.673. The van der Waals surface area contributed by atoms with Gasteiger partial charge >= 0.3 is 0 Å². The average molecular weight is 627 g/mol. The monoisotopic (exact) mass is 626 g/mol. The van der Waals surface area contributed by atoms with Crippen LogP contribution in [0.4, 0.5) is 17.1 Å². The summed E-state index contributed by atoms with van der Waals surface area (Å²) in [6.07, 6.45) is 0. The summed E-state index contributed by atoms with van der Waals surface area (Å²) < 4.78 is 8.91. The fraction of sp³-hybridized carbons (Fsp3) is 0. The van der Waals surface area contributed by atoms with Gasteiger partial charge in [0.25, 0.3) is 0 Å². The van der Waals surface area contributed by atoms with Crippen molar-refractivity contribution in [3.05, 3.63) is 182 Å². The van der Waals surface area contributed by atoms with E-state index in [1.807, 2.05) is 6.07 Å². The predicted octanol–water partition coefficient (Wildman–Crippen LogP) is 13.0. The van der Waals surface area contributed by atoms with Crippen molar-refractivity contribution < 1.29 is 4.42 Å². The topological polar surface area (TPSA) is 21.3 Å². The van der Waals surface area contributed by atoms with Crippen molar-refractivity contribution in [2.45, 2.75) is 0 Å². The zero-order chi connectivity index (χ0) is 32.3. The highest BCUT2D eigenvalue weighted by atomic mass is 16.3. The van der Waals surface area contributed by atoms with Crippen LogP contribution in [0.5, 0.6) is 0 Å². The maximum absolute atomic E-state index is 6.54. The highest BCUT2D eigenvalue weighted by Gasteiger charge is 2.20. The van der Waals surface area contributed by atoms with Gasteiger partial charge in [0.15, 0.2) is 0 Å². The van der Waals surface area contributed by atoms with Crippen LogP contribution < -0.4 is 4.90 Å². The Morgan fingerprint density at radius 3 is 1.98 bits per heavy atom. The van der Waals surface area contributed by atoms with Crippen molar-refractivity contribution in [3.63, 3.8) is 0 Å². The molecule has 0 atom stereocenters. The van der Waals surface area contributed by atoms with Gasteiger partial charge in [-0.05, 0) is 94.7 Å². The van der Waals surface area contributed by atoms with Crippen LogP contribution in [0, 0.1) is 0 Å². The van der Waals surface area contributed by atoms with Gasteiger partial charge in [0.2, 0.25) is 0 Å². The molecule has 0 amide bonds. The van der Waals surface area contributed by atoms with Crippen LogP contribution >= 0.6 is 0 Å². The molecule has 0 bridgehead atoms. The SMILES string of the molecule is c1ccc(N(c2ccc(-c3ccc4ccccc4c3)cc2)c2cccc(-n3c4ccccc4c4c5oc6ccccc6c5ccc43)c2)cc1. The summed E-state index contributed by atoms with van der Waals surface area (Å²) >= 11 is 0. The molecular formula is C46H30N2O. The molecule has 2 aromatic heterocycles. The normalized spacial score (nSPS) is 11.7. The van der Waals surface area contributed by atoms with Gasteiger partial charge < -0.3 is 13.9 Å². The van der Waals surface area contributed by atoms with E-state index in [0.717, 1.165) is 61.1 Å². The van der Waals surface area contributed by atoms with Gasteiger partial charge in [0.05, 0.1) is 16.4 Å². The standard InChI is InChI=1S/C46H30N2O/c1-2-13-35(14-3-1)47(36-25-23-32(24-26-36)34-22-21-31-11-4-5-12-33(31)29-34)37-15-10-16-38(30-37)48-42-19-8-6-18-41(42)45-43(48)28-27-40-39-17-7-9-20-44(39)49-46(40)45/h1-30H. The Labute approximate surface area is 283 Å². The van der Waals surface area contributed by atoms with Gasteiger partial charge in [-0.3, -0.25) is 0 Å². The van der Waals surface area contributed by atoms with E-state index in [-0.39, 0.29) is 0 Å². The lowest BCUT2D eigenvalue weighted by Gasteiger charge is -2.26. The number of nitrogens with zero attached hydrogens (tertiary/aromatic N) is 2. The molecule has 230 valence electrons. The summed E-state index contributed by atoms with van der Waals surface area (Å²) in [5.41, 5.74) is 10.9. The van der Waals surface area contributed by atoms with Crippen LogP contribution in [0.2, 0.25) is 0 Å². The summed E-state index contributed by atoms with van der Waals surface area (Å²) in [6, 6.07) is 64.9. The van der Waals surface area contributed by atoms with Crippen LogP contribution in [0.15, 0.2) is 186 Å². The van der Waals surface area contributed by atoms with E-state index in [9.17, 15) is 0 Å². The summed E-state index contributed by atoms with van der Waals surface area (Å²) in [6.45, 7) is 0. The van der Waals surface area contributed by atoms with E-state index < -0.39 is 0 Å². The van der Waals surface area contributed by atoms with Gasteiger partial charge in [-0.2, -0.15) is 0 Å².